The number of hydrogen-bond acceptors (Lipinski definition) is 2. The molecule has 0 radical (unpaired) electrons. The van der Waals surface area contributed by atoms with Crippen molar-refractivity contribution in [3.63, 3.8) is 0 Å². The van der Waals surface area contributed by atoms with Crippen molar-refractivity contribution < 1.29 is 4.42 Å². The lowest BCUT2D eigenvalue weighted by Gasteiger charge is -2.30. The van der Waals surface area contributed by atoms with Gasteiger partial charge in [0.25, 0.3) is 0 Å². The van der Waals surface area contributed by atoms with Gasteiger partial charge in [-0.25, -0.2) is 0 Å². The lowest BCUT2D eigenvalue weighted by atomic mass is 9.93. The van der Waals surface area contributed by atoms with Crippen LogP contribution in [0.2, 0.25) is 0 Å². The second-order valence-electron chi connectivity index (χ2n) is 16.1. The molecule has 0 bridgehead atoms. The van der Waals surface area contributed by atoms with Crippen molar-refractivity contribution in [2.45, 2.75) is 0 Å². The summed E-state index contributed by atoms with van der Waals surface area (Å²) in [4.78, 5) is 2.43. The number of rotatable bonds is 7. The van der Waals surface area contributed by atoms with Crippen molar-refractivity contribution in [1.29, 1.82) is 0 Å². The van der Waals surface area contributed by atoms with Crippen molar-refractivity contribution in [3.8, 4) is 44.5 Å². The van der Waals surface area contributed by atoms with Gasteiger partial charge < -0.3 is 9.32 Å². The molecule has 1 heterocycles. The molecule has 2 heteroatoms. The van der Waals surface area contributed by atoms with Crippen molar-refractivity contribution in [2.75, 3.05) is 4.90 Å². The van der Waals surface area contributed by atoms with Gasteiger partial charge in [-0.05, 0) is 120 Å². The van der Waals surface area contributed by atoms with Gasteiger partial charge in [-0.1, -0.05) is 182 Å². The van der Waals surface area contributed by atoms with Crippen LogP contribution in [0.5, 0.6) is 0 Å². The average Bonchev–Trinajstić information content (AvgIpc) is 3.70. The molecule has 0 saturated carbocycles. The van der Waals surface area contributed by atoms with E-state index < -0.39 is 0 Å². The second kappa shape index (κ2) is 14.8. The maximum atomic E-state index is 6.46. The smallest absolute Gasteiger partial charge is 0.136 e. The number of anilines is 3. The molecule has 11 aromatic carbocycles. The second-order valence-corrected chi connectivity index (χ2v) is 16.1. The fourth-order valence-corrected chi connectivity index (χ4v) is 9.42. The highest BCUT2D eigenvalue weighted by Crippen LogP contribution is 2.46. The maximum Gasteiger partial charge on any atom is 0.136 e. The highest BCUT2D eigenvalue weighted by Gasteiger charge is 2.22. The molecule has 0 aliphatic carbocycles. The van der Waals surface area contributed by atoms with Crippen LogP contribution < -0.4 is 4.90 Å². The molecule has 0 fully saturated rings. The van der Waals surface area contributed by atoms with Gasteiger partial charge in [0.05, 0.1) is 11.4 Å². The molecular weight excluding hydrogens is 751 g/mol. The Morgan fingerprint density at radius 3 is 1.50 bits per heavy atom. The number of furan rings is 1. The van der Waals surface area contributed by atoms with Gasteiger partial charge in [0, 0.05) is 27.6 Å². The molecular formula is C60H39NO. The number of para-hydroxylation sites is 2. The largest absolute Gasteiger partial charge is 0.456 e. The van der Waals surface area contributed by atoms with E-state index in [4.69, 9.17) is 4.42 Å². The lowest BCUT2D eigenvalue weighted by molar-refractivity contribution is 0.669. The molecule has 0 N–H and O–H groups in total. The number of fused-ring (bicyclic) bond motifs is 7. The third-order valence-corrected chi connectivity index (χ3v) is 12.4. The molecule has 1 aromatic heterocycles. The van der Waals surface area contributed by atoms with E-state index >= 15 is 0 Å². The number of hydrogen-bond donors (Lipinski definition) is 0. The Morgan fingerprint density at radius 1 is 0.258 bits per heavy atom. The summed E-state index contributed by atoms with van der Waals surface area (Å²) in [6.45, 7) is 0. The van der Waals surface area contributed by atoms with Crippen LogP contribution >= 0.6 is 0 Å². The van der Waals surface area contributed by atoms with Gasteiger partial charge in [-0.3, -0.25) is 0 Å². The Morgan fingerprint density at radius 2 is 0.758 bits per heavy atom. The first-order valence-electron chi connectivity index (χ1n) is 21.2. The van der Waals surface area contributed by atoms with Crippen LogP contribution in [0.4, 0.5) is 17.1 Å². The third kappa shape index (κ3) is 6.12. The normalized spacial score (nSPS) is 11.5. The quantitative estimate of drug-likeness (QED) is 0.150. The Kier molecular flexibility index (Phi) is 8.53. The van der Waals surface area contributed by atoms with E-state index in [9.17, 15) is 0 Å². The SMILES string of the molecule is c1ccc(-c2ccc(-c3ccccc3N(c3ccc(-c4cc5ccccc5c5ccccc45)cc3)c3ccccc3-c3ccc4oc5cc6ccccc6cc5c4c3)cc2)cc1. The van der Waals surface area contributed by atoms with Gasteiger partial charge in [0.15, 0.2) is 0 Å². The van der Waals surface area contributed by atoms with Crippen molar-refractivity contribution >= 4 is 71.3 Å². The van der Waals surface area contributed by atoms with E-state index in [1.807, 2.05) is 0 Å². The minimum Gasteiger partial charge on any atom is -0.456 e. The van der Waals surface area contributed by atoms with Crippen LogP contribution in [0.3, 0.4) is 0 Å². The monoisotopic (exact) mass is 789 g/mol. The van der Waals surface area contributed by atoms with E-state index in [1.54, 1.807) is 0 Å². The van der Waals surface area contributed by atoms with E-state index in [0.717, 1.165) is 61.3 Å². The molecule has 0 amide bonds. The van der Waals surface area contributed by atoms with Gasteiger partial charge in [-0.2, -0.15) is 0 Å². The van der Waals surface area contributed by atoms with Gasteiger partial charge >= 0.3 is 0 Å². The minimum absolute atomic E-state index is 0.884. The Labute approximate surface area is 360 Å². The summed E-state index contributed by atoms with van der Waals surface area (Å²) in [5.74, 6) is 0. The molecule has 12 aromatic rings. The number of nitrogens with zero attached hydrogens (tertiary/aromatic N) is 1. The molecule has 0 saturated heterocycles. The molecule has 0 unspecified atom stereocenters. The lowest BCUT2D eigenvalue weighted by Crippen LogP contribution is -2.12. The Balaban J connectivity index is 1.03. The van der Waals surface area contributed by atoms with Crippen LogP contribution in [0, 0.1) is 0 Å². The minimum atomic E-state index is 0.884. The predicted octanol–water partition coefficient (Wildman–Crippen LogP) is 17.2. The van der Waals surface area contributed by atoms with E-state index in [0.29, 0.717) is 0 Å². The molecule has 0 aliphatic heterocycles. The summed E-state index contributed by atoms with van der Waals surface area (Å²) in [6, 6.07) is 85.6. The first-order valence-corrected chi connectivity index (χ1v) is 21.2. The molecule has 62 heavy (non-hydrogen) atoms. The zero-order valence-electron chi connectivity index (χ0n) is 33.9. The summed E-state index contributed by atoms with van der Waals surface area (Å²) in [6.07, 6.45) is 0. The third-order valence-electron chi connectivity index (χ3n) is 12.4. The summed E-state index contributed by atoms with van der Waals surface area (Å²) < 4.78 is 6.46. The van der Waals surface area contributed by atoms with Gasteiger partial charge in [0.2, 0.25) is 0 Å². The highest BCUT2D eigenvalue weighted by atomic mass is 16.3. The highest BCUT2D eigenvalue weighted by molar-refractivity contribution is 6.14. The van der Waals surface area contributed by atoms with Crippen molar-refractivity contribution in [1.82, 2.24) is 0 Å². The summed E-state index contributed by atoms with van der Waals surface area (Å²) in [5.41, 5.74) is 14.4. The van der Waals surface area contributed by atoms with Crippen LogP contribution in [0.15, 0.2) is 241 Å². The van der Waals surface area contributed by atoms with E-state index in [2.05, 4.69) is 241 Å². The molecule has 0 aliphatic rings. The van der Waals surface area contributed by atoms with E-state index in [1.165, 1.54) is 54.6 Å². The Bertz CT molecular complexity index is 3620. The van der Waals surface area contributed by atoms with Crippen LogP contribution in [0.1, 0.15) is 0 Å². The topological polar surface area (TPSA) is 16.4 Å². The summed E-state index contributed by atoms with van der Waals surface area (Å²) in [7, 11) is 0. The van der Waals surface area contributed by atoms with E-state index in [-0.39, 0.29) is 0 Å². The van der Waals surface area contributed by atoms with Gasteiger partial charge in [-0.15, -0.1) is 0 Å². The molecule has 0 spiro atoms. The zero-order chi connectivity index (χ0) is 41.0. The van der Waals surface area contributed by atoms with Crippen molar-refractivity contribution in [3.05, 3.63) is 237 Å². The fraction of sp³-hybridized carbons (Fsp3) is 0. The molecule has 2 nitrogen and oxygen atoms in total. The van der Waals surface area contributed by atoms with Gasteiger partial charge in [0.1, 0.15) is 11.2 Å². The average molecular weight is 790 g/mol. The predicted molar refractivity (Wildman–Crippen MR) is 263 cm³/mol. The molecule has 290 valence electrons. The zero-order valence-corrected chi connectivity index (χ0v) is 33.9. The first-order chi connectivity index (χ1) is 30.7. The first kappa shape index (κ1) is 35.7. The molecule has 12 rings (SSSR count). The Hall–Kier alpha value is -8.20. The maximum absolute atomic E-state index is 6.46. The summed E-state index contributed by atoms with van der Waals surface area (Å²) >= 11 is 0. The summed E-state index contributed by atoms with van der Waals surface area (Å²) in [5, 5.41) is 9.63. The van der Waals surface area contributed by atoms with Crippen LogP contribution in [-0.4, -0.2) is 0 Å². The van der Waals surface area contributed by atoms with Crippen molar-refractivity contribution in [2.24, 2.45) is 0 Å². The molecule has 0 atom stereocenters. The van der Waals surface area contributed by atoms with Crippen LogP contribution in [-0.2, 0) is 0 Å². The van der Waals surface area contributed by atoms with Crippen LogP contribution in [0.25, 0.3) is 98.8 Å². The fourth-order valence-electron chi connectivity index (χ4n) is 9.42. The number of benzene rings is 11. The standard InChI is InChI=1S/C60H39NO/c1-2-14-40(15-3-1)41-26-28-42(29-27-41)50-20-10-12-24-57(50)61(48-33-30-43(31-34-48)54-37-46-18-6-7-19-49(46)52-22-8-9-23-53(52)54)58-25-13-11-21-51(58)47-32-35-59-55(38-47)56-36-44-16-4-5-17-45(44)39-60(56)62-59/h1-39H.